The topological polar surface area (TPSA) is 48.4 Å². The van der Waals surface area contributed by atoms with E-state index < -0.39 is 0 Å². The third-order valence-corrected chi connectivity index (χ3v) is 4.03. The molecule has 1 unspecified atom stereocenters. The van der Waals surface area contributed by atoms with Crippen LogP contribution in [-0.4, -0.2) is 0 Å². The molecule has 0 fully saturated rings. The molecule has 0 spiro atoms. The Bertz CT molecular complexity index is 588. The Kier molecular flexibility index (Phi) is 3.90. The van der Waals surface area contributed by atoms with Crippen LogP contribution in [0.3, 0.4) is 0 Å². The molecule has 1 aromatic carbocycles. The van der Waals surface area contributed by atoms with E-state index in [2.05, 4.69) is 24.3 Å². The molecular formula is C17H21NO2. The lowest BCUT2D eigenvalue weighted by molar-refractivity contribution is 0.0277. The molecule has 1 atom stereocenters. The van der Waals surface area contributed by atoms with Crippen LogP contribution in [0.5, 0.6) is 0 Å². The molecule has 0 bridgehead atoms. The summed E-state index contributed by atoms with van der Waals surface area (Å²) in [5, 5.41) is 0. The number of hydrogen-bond donors (Lipinski definition) is 1. The highest BCUT2D eigenvalue weighted by atomic mass is 16.5. The minimum absolute atomic E-state index is 0.204. The van der Waals surface area contributed by atoms with E-state index in [-0.39, 0.29) is 6.10 Å². The van der Waals surface area contributed by atoms with Crippen LogP contribution in [-0.2, 0) is 24.3 Å². The molecule has 0 radical (unpaired) electrons. The number of benzene rings is 1. The van der Waals surface area contributed by atoms with Crippen LogP contribution in [0.2, 0.25) is 0 Å². The second kappa shape index (κ2) is 5.81. The SMILES string of the molecule is Cc1oc(CN)cc1COC1CCCc2ccccc21. The summed E-state index contributed by atoms with van der Waals surface area (Å²) in [4.78, 5) is 0. The molecule has 1 aromatic heterocycles. The number of fused-ring (bicyclic) bond motifs is 1. The van der Waals surface area contributed by atoms with Crippen molar-refractivity contribution in [3.05, 3.63) is 58.5 Å². The van der Waals surface area contributed by atoms with E-state index in [4.69, 9.17) is 14.9 Å². The van der Waals surface area contributed by atoms with Crippen molar-refractivity contribution in [2.24, 2.45) is 5.73 Å². The molecule has 2 aromatic rings. The molecule has 0 aliphatic heterocycles. The van der Waals surface area contributed by atoms with Crippen LogP contribution in [0.15, 0.2) is 34.7 Å². The standard InChI is InChI=1S/C17H21NO2/c1-12-14(9-15(10-18)20-12)11-19-17-8-4-6-13-5-2-3-7-16(13)17/h2-3,5,7,9,17H,4,6,8,10-11,18H2,1H3. The number of hydrogen-bond acceptors (Lipinski definition) is 3. The Labute approximate surface area is 119 Å². The first-order valence-electron chi connectivity index (χ1n) is 7.25. The van der Waals surface area contributed by atoms with Crippen molar-refractivity contribution in [3.8, 4) is 0 Å². The smallest absolute Gasteiger partial charge is 0.118 e. The molecule has 0 amide bonds. The summed E-state index contributed by atoms with van der Waals surface area (Å²) in [5.74, 6) is 1.74. The minimum atomic E-state index is 0.204. The van der Waals surface area contributed by atoms with Gasteiger partial charge in [-0.15, -0.1) is 0 Å². The molecule has 0 saturated carbocycles. The molecule has 106 valence electrons. The predicted molar refractivity (Wildman–Crippen MR) is 78.2 cm³/mol. The molecule has 1 aliphatic carbocycles. The number of aryl methyl sites for hydroxylation is 2. The average Bonchev–Trinajstić information content (AvgIpc) is 2.85. The molecule has 3 heteroatoms. The van der Waals surface area contributed by atoms with Gasteiger partial charge in [0.05, 0.1) is 19.3 Å². The van der Waals surface area contributed by atoms with Gasteiger partial charge in [0.15, 0.2) is 0 Å². The number of nitrogens with two attached hydrogens (primary N) is 1. The predicted octanol–water partition coefficient (Wildman–Crippen LogP) is 3.64. The van der Waals surface area contributed by atoms with Gasteiger partial charge in [-0.1, -0.05) is 24.3 Å². The third kappa shape index (κ3) is 2.65. The van der Waals surface area contributed by atoms with E-state index >= 15 is 0 Å². The maximum atomic E-state index is 6.13. The summed E-state index contributed by atoms with van der Waals surface area (Å²) in [6.45, 7) is 2.99. The summed E-state index contributed by atoms with van der Waals surface area (Å²) >= 11 is 0. The monoisotopic (exact) mass is 271 g/mol. The Hall–Kier alpha value is -1.58. The zero-order valence-electron chi connectivity index (χ0n) is 11.9. The van der Waals surface area contributed by atoms with Gasteiger partial charge in [-0.25, -0.2) is 0 Å². The van der Waals surface area contributed by atoms with Crippen molar-refractivity contribution in [2.45, 2.75) is 45.4 Å². The fraction of sp³-hybridized carbons (Fsp3) is 0.412. The summed E-state index contributed by atoms with van der Waals surface area (Å²) in [6.07, 6.45) is 3.66. The minimum Gasteiger partial charge on any atom is -0.465 e. The Morgan fingerprint density at radius 3 is 3.00 bits per heavy atom. The van der Waals surface area contributed by atoms with E-state index in [9.17, 15) is 0 Å². The molecule has 3 rings (SSSR count). The van der Waals surface area contributed by atoms with Crippen molar-refractivity contribution < 1.29 is 9.15 Å². The van der Waals surface area contributed by atoms with Gasteiger partial charge in [-0.2, -0.15) is 0 Å². The van der Waals surface area contributed by atoms with Gasteiger partial charge < -0.3 is 14.9 Å². The van der Waals surface area contributed by atoms with Gasteiger partial charge in [0, 0.05) is 5.56 Å². The first-order valence-corrected chi connectivity index (χ1v) is 7.25. The van der Waals surface area contributed by atoms with Crippen molar-refractivity contribution in [2.75, 3.05) is 0 Å². The number of rotatable bonds is 4. The molecule has 2 N–H and O–H groups in total. The van der Waals surface area contributed by atoms with Gasteiger partial charge in [-0.3, -0.25) is 0 Å². The highest BCUT2D eigenvalue weighted by molar-refractivity contribution is 5.31. The Balaban J connectivity index is 1.71. The van der Waals surface area contributed by atoms with E-state index in [1.165, 1.54) is 17.5 Å². The summed E-state index contributed by atoms with van der Waals surface area (Å²) < 4.78 is 11.7. The van der Waals surface area contributed by atoms with Crippen LogP contribution < -0.4 is 5.73 Å². The first kappa shape index (κ1) is 13.4. The zero-order valence-corrected chi connectivity index (χ0v) is 11.9. The van der Waals surface area contributed by atoms with E-state index in [1.807, 2.05) is 13.0 Å². The van der Waals surface area contributed by atoms with Crippen LogP contribution in [0.25, 0.3) is 0 Å². The van der Waals surface area contributed by atoms with Crippen LogP contribution in [0.1, 0.15) is 47.2 Å². The van der Waals surface area contributed by atoms with E-state index in [0.717, 1.165) is 29.9 Å². The maximum absolute atomic E-state index is 6.13. The lowest BCUT2D eigenvalue weighted by Crippen LogP contribution is -2.12. The molecule has 1 aliphatic rings. The molecule has 1 heterocycles. The van der Waals surface area contributed by atoms with Gasteiger partial charge in [0.2, 0.25) is 0 Å². The van der Waals surface area contributed by atoms with Crippen LogP contribution in [0.4, 0.5) is 0 Å². The van der Waals surface area contributed by atoms with Crippen molar-refractivity contribution in [1.29, 1.82) is 0 Å². The van der Waals surface area contributed by atoms with E-state index in [1.54, 1.807) is 0 Å². The molecule has 20 heavy (non-hydrogen) atoms. The summed E-state index contributed by atoms with van der Waals surface area (Å²) in [6, 6.07) is 10.6. The lowest BCUT2D eigenvalue weighted by Gasteiger charge is -2.25. The largest absolute Gasteiger partial charge is 0.465 e. The average molecular weight is 271 g/mol. The second-order valence-electron chi connectivity index (χ2n) is 5.39. The maximum Gasteiger partial charge on any atom is 0.118 e. The quantitative estimate of drug-likeness (QED) is 0.923. The summed E-state index contributed by atoms with van der Waals surface area (Å²) in [7, 11) is 0. The summed E-state index contributed by atoms with van der Waals surface area (Å²) in [5.41, 5.74) is 9.48. The fourth-order valence-electron chi connectivity index (χ4n) is 2.90. The molecular weight excluding hydrogens is 250 g/mol. The highest BCUT2D eigenvalue weighted by Crippen LogP contribution is 2.33. The first-order chi connectivity index (χ1) is 9.78. The highest BCUT2D eigenvalue weighted by Gasteiger charge is 2.20. The van der Waals surface area contributed by atoms with Crippen LogP contribution >= 0.6 is 0 Å². The fourth-order valence-corrected chi connectivity index (χ4v) is 2.90. The lowest BCUT2D eigenvalue weighted by atomic mass is 9.89. The Morgan fingerprint density at radius 1 is 1.35 bits per heavy atom. The number of ether oxygens (including phenoxy) is 1. The Morgan fingerprint density at radius 2 is 2.20 bits per heavy atom. The van der Waals surface area contributed by atoms with Gasteiger partial charge in [0.25, 0.3) is 0 Å². The zero-order chi connectivity index (χ0) is 13.9. The number of furan rings is 1. The van der Waals surface area contributed by atoms with Gasteiger partial charge in [-0.05, 0) is 43.4 Å². The van der Waals surface area contributed by atoms with E-state index in [0.29, 0.717) is 13.2 Å². The van der Waals surface area contributed by atoms with Crippen molar-refractivity contribution in [3.63, 3.8) is 0 Å². The normalized spacial score (nSPS) is 18.0. The van der Waals surface area contributed by atoms with Crippen molar-refractivity contribution >= 4 is 0 Å². The van der Waals surface area contributed by atoms with Gasteiger partial charge >= 0.3 is 0 Å². The second-order valence-corrected chi connectivity index (χ2v) is 5.39. The van der Waals surface area contributed by atoms with Crippen molar-refractivity contribution in [1.82, 2.24) is 0 Å². The molecule has 0 saturated heterocycles. The van der Waals surface area contributed by atoms with Gasteiger partial charge in [0.1, 0.15) is 11.5 Å². The molecule has 3 nitrogen and oxygen atoms in total. The third-order valence-electron chi connectivity index (χ3n) is 4.03. The van der Waals surface area contributed by atoms with Crippen LogP contribution in [0, 0.1) is 6.92 Å².